The van der Waals surface area contributed by atoms with Crippen molar-refractivity contribution in [3.8, 4) is 11.8 Å². The molecule has 0 aromatic heterocycles. The molecule has 0 heterocycles. The first-order valence-corrected chi connectivity index (χ1v) is 7.75. The maximum atomic E-state index is 8.91. The van der Waals surface area contributed by atoms with Gasteiger partial charge in [-0.05, 0) is 42.7 Å². The minimum absolute atomic E-state index is 0.253. The zero-order valence-corrected chi connectivity index (χ0v) is 13.2. The van der Waals surface area contributed by atoms with Crippen LogP contribution in [-0.4, -0.2) is 6.10 Å². The van der Waals surface area contributed by atoms with E-state index >= 15 is 0 Å². The van der Waals surface area contributed by atoms with Crippen LogP contribution in [0.4, 0.5) is 0 Å². The van der Waals surface area contributed by atoms with Gasteiger partial charge in [0.2, 0.25) is 0 Å². The zero-order chi connectivity index (χ0) is 14.7. The van der Waals surface area contributed by atoms with E-state index in [1.807, 2.05) is 6.07 Å². The molecule has 0 aliphatic heterocycles. The van der Waals surface area contributed by atoms with Crippen LogP contribution in [0, 0.1) is 29.1 Å². The third kappa shape index (κ3) is 3.46. The summed E-state index contributed by atoms with van der Waals surface area (Å²) in [6.07, 6.45) is 3.87. The Kier molecular flexibility index (Phi) is 4.94. The summed E-state index contributed by atoms with van der Waals surface area (Å²) >= 11 is 6.07. The van der Waals surface area contributed by atoms with E-state index in [-0.39, 0.29) is 6.10 Å². The van der Waals surface area contributed by atoms with Crippen molar-refractivity contribution in [2.75, 3.05) is 0 Å². The Hall–Kier alpha value is -1.20. The van der Waals surface area contributed by atoms with Gasteiger partial charge in [0.15, 0.2) is 0 Å². The van der Waals surface area contributed by atoms with Crippen molar-refractivity contribution < 1.29 is 4.74 Å². The number of hydrogen-bond acceptors (Lipinski definition) is 2. The first-order chi connectivity index (χ1) is 9.51. The first-order valence-electron chi connectivity index (χ1n) is 7.37. The Morgan fingerprint density at radius 1 is 1.35 bits per heavy atom. The van der Waals surface area contributed by atoms with Crippen molar-refractivity contribution in [1.82, 2.24) is 0 Å². The number of ether oxygens (including phenoxy) is 1. The van der Waals surface area contributed by atoms with Crippen molar-refractivity contribution in [1.29, 1.82) is 5.26 Å². The molecule has 0 spiro atoms. The van der Waals surface area contributed by atoms with Gasteiger partial charge in [0.05, 0.1) is 10.6 Å². The fourth-order valence-corrected chi connectivity index (χ4v) is 3.30. The van der Waals surface area contributed by atoms with Gasteiger partial charge in [-0.25, -0.2) is 0 Å². The highest BCUT2D eigenvalue weighted by atomic mass is 35.5. The number of halogens is 1. The second-order valence-corrected chi connectivity index (χ2v) is 6.64. The fourth-order valence-electron chi connectivity index (χ4n) is 3.08. The summed E-state index contributed by atoms with van der Waals surface area (Å²) in [5.41, 5.74) is 0.497. The summed E-state index contributed by atoms with van der Waals surface area (Å²) in [7, 11) is 0. The maximum absolute atomic E-state index is 8.91. The van der Waals surface area contributed by atoms with E-state index in [0.717, 1.165) is 12.2 Å². The molecule has 3 heteroatoms. The van der Waals surface area contributed by atoms with Gasteiger partial charge >= 0.3 is 0 Å². The van der Waals surface area contributed by atoms with Gasteiger partial charge in [-0.2, -0.15) is 5.26 Å². The highest BCUT2D eigenvalue weighted by Gasteiger charge is 2.32. The van der Waals surface area contributed by atoms with Crippen LogP contribution >= 0.6 is 11.6 Å². The number of rotatable bonds is 3. The highest BCUT2D eigenvalue weighted by Crippen LogP contribution is 2.36. The third-order valence-corrected chi connectivity index (χ3v) is 4.62. The van der Waals surface area contributed by atoms with Crippen LogP contribution in [0.1, 0.15) is 45.6 Å². The highest BCUT2D eigenvalue weighted by molar-refractivity contribution is 6.31. The van der Waals surface area contributed by atoms with Gasteiger partial charge in [-0.3, -0.25) is 0 Å². The number of benzene rings is 1. The van der Waals surface area contributed by atoms with Crippen LogP contribution < -0.4 is 4.74 Å². The smallest absolute Gasteiger partial charge is 0.121 e. The fraction of sp³-hybridized carbons (Fsp3) is 0.588. The number of nitriles is 1. The SMILES string of the molecule is CC(C)[C@H]1CC[C@H](C)C[C@@H]1Oc1ccc(C#N)c(Cl)c1. The third-order valence-electron chi connectivity index (χ3n) is 4.31. The van der Waals surface area contributed by atoms with E-state index < -0.39 is 0 Å². The Morgan fingerprint density at radius 2 is 2.10 bits per heavy atom. The van der Waals surface area contributed by atoms with Crippen LogP contribution in [0.5, 0.6) is 5.75 Å². The summed E-state index contributed by atoms with van der Waals surface area (Å²) in [5, 5.41) is 9.37. The molecule has 3 atom stereocenters. The molecular weight excluding hydrogens is 270 g/mol. The topological polar surface area (TPSA) is 33.0 Å². The van der Waals surface area contributed by atoms with Gasteiger partial charge in [0.1, 0.15) is 17.9 Å². The van der Waals surface area contributed by atoms with E-state index in [2.05, 4.69) is 26.8 Å². The molecule has 0 amide bonds. The molecule has 1 saturated carbocycles. The summed E-state index contributed by atoms with van der Waals surface area (Å²) in [4.78, 5) is 0. The van der Waals surface area contributed by atoms with Crippen LogP contribution in [-0.2, 0) is 0 Å². The van der Waals surface area contributed by atoms with Crippen molar-refractivity contribution in [2.45, 2.75) is 46.1 Å². The van der Waals surface area contributed by atoms with Crippen LogP contribution in [0.15, 0.2) is 18.2 Å². The molecule has 0 radical (unpaired) electrons. The molecule has 0 N–H and O–H groups in total. The Bertz CT molecular complexity index is 506. The lowest BCUT2D eigenvalue weighted by molar-refractivity contribution is 0.0460. The summed E-state index contributed by atoms with van der Waals surface area (Å²) in [6, 6.07) is 7.41. The van der Waals surface area contributed by atoms with Gasteiger partial charge in [-0.1, -0.05) is 38.8 Å². The Balaban J connectivity index is 2.14. The molecule has 1 aliphatic carbocycles. The average Bonchev–Trinajstić information content (AvgIpc) is 2.38. The van der Waals surface area contributed by atoms with E-state index in [0.29, 0.717) is 28.3 Å². The second kappa shape index (κ2) is 6.50. The predicted molar refractivity (Wildman–Crippen MR) is 81.9 cm³/mol. The second-order valence-electron chi connectivity index (χ2n) is 6.24. The molecule has 2 nitrogen and oxygen atoms in total. The Labute approximate surface area is 126 Å². The standard InChI is InChI=1S/C17H22ClNO/c1-11(2)15-7-4-12(3)8-17(15)20-14-6-5-13(10-19)16(18)9-14/h5-6,9,11-12,15,17H,4,7-8H2,1-3H3/t12-,15+,17-/m0/s1. The quantitative estimate of drug-likeness (QED) is 0.780. The molecule has 108 valence electrons. The van der Waals surface area contributed by atoms with Gasteiger partial charge < -0.3 is 4.74 Å². The minimum atomic E-state index is 0.253. The molecule has 1 aromatic rings. The predicted octanol–water partition coefficient (Wildman–Crippen LogP) is 5.05. The van der Waals surface area contributed by atoms with Crippen LogP contribution in [0.3, 0.4) is 0 Å². The largest absolute Gasteiger partial charge is 0.490 e. The molecule has 2 rings (SSSR count). The van der Waals surface area contributed by atoms with Crippen LogP contribution in [0.25, 0.3) is 0 Å². The molecule has 1 fully saturated rings. The van der Waals surface area contributed by atoms with E-state index in [1.165, 1.54) is 12.8 Å². The number of nitrogens with zero attached hydrogens (tertiary/aromatic N) is 1. The van der Waals surface area contributed by atoms with Gasteiger partial charge in [0.25, 0.3) is 0 Å². The molecule has 1 aromatic carbocycles. The molecule has 20 heavy (non-hydrogen) atoms. The van der Waals surface area contributed by atoms with Crippen LogP contribution in [0.2, 0.25) is 5.02 Å². The van der Waals surface area contributed by atoms with E-state index in [1.54, 1.807) is 12.1 Å². The Morgan fingerprint density at radius 3 is 2.70 bits per heavy atom. The molecule has 1 aliphatic rings. The van der Waals surface area contributed by atoms with E-state index in [4.69, 9.17) is 21.6 Å². The molecular formula is C17H22ClNO. The zero-order valence-electron chi connectivity index (χ0n) is 12.4. The summed E-state index contributed by atoms with van der Waals surface area (Å²) < 4.78 is 6.19. The molecule has 0 bridgehead atoms. The lowest BCUT2D eigenvalue weighted by atomic mass is 9.75. The lowest BCUT2D eigenvalue weighted by Crippen LogP contribution is -2.36. The van der Waals surface area contributed by atoms with E-state index in [9.17, 15) is 0 Å². The molecule has 0 saturated heterocycles. The van der Waals surface area contributed by atoms with Gasteiger partial charge in [0, 0.05) is 6.07 Å². The molecule has 0 unspecified atom stereocenters. The maximum Gasteiger partial charge on any atom is 0.121 e. The normalized spacial score (nSPS) is 26.3. The first kappa shape index (κ1) is 15.2. The lowest BCUT2D eigenvalue weighted by Gasteiger charge is -2.37. The van der Waals surface area contributed by atoms with Crippen molar-refractivity contribution in [3.63, 3.8) is 0 Å². The minimum Gasteiger partial charge on any atom is -0.490 e. The monoisotopic (exact) mass is 291 g/mol. The summed E-state index contributed by atoms with van der Waals surface area (Å²) in [5.74, 6) is 2.71. The van der Waals surface area contributed by atoms with Crippen molar-refractivity contribution in [3.05, 3.63) is 28.8 Å². The average molecular weight is 292 g/mol. The summed E-state index contributed by atoms with van der Waals surface area (Å²) in [6.45, 7) is 6.82. The van der Waals surface area contributed by atoms with Gasteiger partial charge in [-0.15, -0.1) is 0 Å². The van der Waals surface area contributed by atoms with Crippen molar-refractivity contribution in [2.24, 2.45) is 17.8 Å². The number of hydrogen-bond donors (Lipinski definition) is 0. The van der Waals surface area contributed by atoms with Crippen molar-refractivity contribution >= 4 is 11.6 Å².